The van der Waals surface area contributed by atoms with Gasteiger partial charge >= 0.3 is 0 Å². The van der Waals surface area contributed by atoms with Gasteiger partial charge in [0.25, 0.3) is 5.91 Å². The van der Waals surface area contributed by atoms with Crippen molar-refractivity contribution in [2.45, 2.75) is 39.2 Å². The quantitative estimate of drug-likeness (QED) is 0.769. The van der Waals surface area contributed by atoms with E-state index in [0.29, 0.717) is 44.6 Å². The van der Waals surface area contributed by atoms with E-state index in [4.69, 9.17) is 4.74 Å². The van der Waals surface area contributed by atoms with Crippen molar-refractivity contribution in [2.24, 2.45) is 5.92 Å². The lowest BCUT2D eigenvalue weighted by Gasteiger charge is -2.31. The fourth-order valence-electron chi connectivity index (χ4n) is 2.87. The van der Waals surface area contributed by atoms with Gasteiger partial charge in [0.1, 0.15) is 5.82 Å². The number of nitrogens with one attached hydrogen (secondary N) is 1. The van der Waals surface area contributed by atoms with Crippen LogP contribution in [0.2, 0.25) is 0 Å². The third kappa shape index (κ3) is 6.12. The summed E-state index contributed by atoms with van der Waals surface area (Å²) >= 11 is 0. The van der Waals surface area contributed by atoms with E-state index in [9.17, 15) is 14.0 Å². The Morgan fingerprint density at radius 3 is 2.48 bits per heavy atom. The number of rotatable bonds is 7. The molecule has 0 bridgehead atoms. The summed E-state index contributed by atoms with van der Waals surface area (Å²) in [6.45, 7) is 6.32. The summed E-state index contributed by atoms with van der Waals surface area (Å²) in [5.74, 6) is -0.461. The van der Waals surface area contributed by atoms with Gasteiger partial charge in [-0.15, -0.1) is 0 Å². The Hall–Kier alpha value is -1.95. The molecule has 2 rings (SSSR count). The first-order valence-electron chi connectivity index (χ1n) is 8.91. The number of hydrogen-bond donors (Lipinski definition) is 1. The van der Waals surface area contributed by atoms with Crippen LogP contribution in [0.3, 0.4) is 0 Å². The van der Waals surface area contributed by atoms with Crippen LogP contribution in [-0.4, -0.2) is 49.1 Å². The molecule has 1 fully saturated rings. The zero-order valence-electron chi connectivity index (χ0n) is 15.0. The first-order valence-corrected chi connectivity index (χ1v) is 8.91. The molecule has 2 amide bonds. The van der Waals surface area contributed by atoms with E-state index in [-0.39, 0.29) is 29.7 Å². The molecule has 0 spiro atoms. The van der Waals surface area contributed by atoms with E-state index in [0.717, 1.165) is 6.42 Å². The number of ether oxygens (including phenoxy) is 1. The van der Waals surface area contributed by atoms with Gasteiger partial charge in [-0.2, -0.15) is 0 Å². The highest BCUT2D eigenvalue weighted by Gasteiger charge is 2.27. The number of hydrogen-bond acceptors (Lipinski definition) is 3. The van der Waals surface area contributed by atoms with Gasteiger partial charge in [0, 0.05) is 37.7 Å². The predicted octanol–water partition coefficient (Wildman–Crippen LogP) is 2.61. The monoisotopic (exact) mass is 350 g/mol. The molecule has 1 heterocycles. The number of carbonyl (C=O) groups is 2. The summed E-state index contributed by atoms with van der Waals surface area (Å²) in [6.07, 6.45) is 2.31. The molecule has 138 valence electrons. The molecular formula is C19H27FN2O3. The van der Waals surface area contributed by atoms with Crippen molar-refractivity contribution >= 4 is 11.8 Å². The largest absolute Gasteiger partial charge is 0.379 e. The van der Waals surface area contributed by atoms with Gasteiger partial charge in [-0.05, 0) is 57.4 Å². The maximum Gasteiger partial charge on any atom is 0.253 e. The molecular weight excluding hydrogens is 323 g/mol. The highest BCUT2D eigenvalue weighted by molar-refractivity contribution is 5.94. The second-order valence-electron chi connectivity index (χ2n) is 6.64. The lowest BCUT2D eigenvalue weighted by Crippen LogP contribution is -2.43. The summed E-state index contributed by atoms with van der Waals surface area (Å²) in [7, 11) is 0. The third-order valence-electron chi connectivity index (χ3n) is 4.32. The van der Waals surface area contributed by atoms with Crippen molar-refractivity contribution in [3.05, 3.63) is 35.6 Å². The van der Waals surface area contributed by atoms with E-state index < -0.39 is 0 Å². The fraction of sp³-hybridized carbons (Fsp3) is 0.579. The molecule has 1 aliphatic rings. The second kappa shape index (κ2) is 9.51. The summed E-state index contributed by atoms with van der Waals surface area (Å²) in [6, 6.07) is 5.57. The van der Waals surface area contributed by atoms with Crippen LogP contribution >= 0.6 is 0 Å². The van der Waals surface area contributed by atoms with Crippen LogP contribution in [0.25, 0.3) is 0 Å². The molecule has 1 aromatic carbocycles. The van der Waals surface area contributed by atoms with Crippen molar-refractivity contribution in [3.63, 3.8) is 0 Å². The zero-order valence-corrected chi connectivity index (χ0v) is 15.0. The molecule has 0 unspecified atom stereocenters. The van der Waals surface area contributed by atoms with Crippen LogP contribution in [0.15, 0.2) is 24.3 Å². The lowest BCUT2D eigenvalue weighted by atomic mass is 9.95. The van der Waals surface area contributed by atoms with Crippen LogP contribution in [0.5, 0.6) is 0 Å². The minimum absolute atomic E-state index is 0.0525. The molecule has 0 aliphatic carbocycles. The molecule has 5 nitrogen and oxygen atoms in total. The lowest BCUT2D eigenvalue weighted by molar-refractivity contribution is -0.126. The number of nitrogens with zero attached hydrogens (tertiary/aromatic N) is 1. The topological polar surface area (TPSA) is 58.6 Å². The Balaban J connectivity index is 1.70. The summed E-state index contributed by atoms with van der Waals surface area (Å²) in [5, 5.41) is 2.94. The Morgan fingerprint density at radius 2 is 1.88 bits per heavy atom. The van der Waals surface area contributed by atoms with Crippen molar-refractivity contribution in [2.75, 3.05) is 26.2 Å². The number of amides is 2. The maximum atomic E-state index is 12.9. The Kier molecular flexibility index (Phi) is 7.37. The van der Waals surface area contributed by atoms with Gasteiger partial charge in [-0.1, -0.05) is 0 Å². The fourth-order valence-corrected chi connectivity index (χ4v) is 2.87. The van der Waals surface area contributed by atoms with Gasteiger partial charge in [-0.3, -0.25) is 9.59 Å². The second-order valence-corrected chi connectivity index (χ2v) is 6.64. The van der Waals surface area contributed by atoms with Gasteiger partial charge in [0.2, 0.25) is 5.91 Å². The highest BCUT2D eigenvalue weighted by atomic mass is 19.1. The van der Waals surface area contributed by atoms with Crippen molar-refractivity contribution in [1.29, 1.82) is 0 Å². The Bertz CT molecular complexity index is 567. The SMILES string of the molecule is CC(C)OCCCNC(=O)C1CCN(C(=O)c2ccc(F)cc2)CC1. The summed E-state index contributed by atoms with van der Waals surface area (Å²) in [5.41, 5.74) is 0.481. The molecule has 1 saturated heterocycles. The first kappa shape index (κ1) is 19.4. The van der Waals surface area contributed by atoms with Crippen LogP contribution in [0.1, 0.15) is 43.5 Å². The van der Waals surface area contributed by atoms with Crippen molar-refractivity contribution in [1.82, 2.24) is 10.2 Å². The van der Waals surface area contributed by atoms with Crippen LogP contribution in [0.4, 0.5) is 4.39 Å². The van der Waals surface area contributed by atoms with Crippen LogP contribution in [-0.2, 0) is 9.53 Å². The molecule has 0 atom stereocenters. The number of halogens is 1. The molecule has 0 saturated carbocycles. The average molecular weight is 350 g/mol. The highest BCUT2D eigenvalue weighted by Crippen LogP contribution is 2.19. The number of piperidine rings is 1. The standard InChI is InChI=1S/C19H27FN2O3/c1-14(2)25-13-3-10-21-18(23)15-8-11-22(12-9-15)19(24)16-4-6-17(20)7-5-16/h4-7,14-15H,3,8-13H2,1-2H3,(H,21,23). The van der Waals surface area contributed by atoms with Crippen molar-refractivity contribution < 1.29 is 18.7 Å². The van der Waals surface area contributed by atoms with Gasteiger partial charge in [0.05, 0.1) is 6.10 Å². The molecule has 1 N–H and O–H groups in total. The maximum absolute atomic E-state index is 12.9. The zero-order chi connectivity index (χ0) is 18.2. The molecule has 0 aromatic heterocycles. The number of benzene rings is 1. The predicted molar refractivity (Wildman–Crippen MR) is 93.7 cm³/mol. The van der Waals surface area contributed by atoms with Gasteiger partial charge in [0.15, 0.2) is 0 Å². The Labute approximate surface area is 148 Å². The van der Waals surface area contributed by atoms with Crippen LogP contribution < -0.4 is 5.32 Å². The number of likely N-dealkylation sites (tertiary alicyclic amines) is 1. The molecule has 0 radical (unpaired) electrons. The van der Waals surface area contributed by atoms with Crippen LogP contribution in [0, 0.1) is 11.7 Å². The molecule has 6 heteroatoms. The van der Waals surface area contributed by atoms with E-state index in [1.54, 1.807) is 4.90 Å². The molecule has 1 aliphatic heterocycles. The average Bonchev–Trinajstić information content (AvgIpc) is 2.61. The molecule has 25 heavy (non-hydrogen) atoms. The van der Waals surface area contributed by atoms with Crippen molar-refractivity contribution in [3.8, 4) is 0 Å². The van der Waals surface area contributed by atoms with E-state index in [1.807, 2.05) is 13.8 Å². The van der Waals surface area contributed by atoms with Gasteiger partial charge in [-0.25, -0.2) is 4.39 Å². The summed E-state index contributed by atoms with van der Waals surface area (Å²) < 4.78 is 18.4. The van der Waals surface area contributed by atoms with E-state index >= 15 is 0 Å². The smallest absolute Gasteiger partial charge is 0.253 e. The summed E-state index contributed by atoms with van der Waals surface area (Å²) in [4.78, 5) is 26.3. The normalized spacial score (nSPS) is 15.4. The Morgan fingerprint density at radius 1 is 1.24 bits per heavy atom. The number of carbonyl (C=O) groups excluding carboxylic acids is 2. The first-order chi connectivity index (χ1) is 12.0. The van der Waals surface area contributed by atoms with E-state index in [2.05, 4.69) is 5.32 Å². The minimum atomic E-state index is -0.356. The molecule has 1 aromatic rings. The minimum Gasteiger partial charge on any atom is -0.379 e. The van der Waals surface area contributed by atoms with E-state index in [1.165, 1.54) is 24.3 Å². The van der Waals surface area contributed by atoms with Gasteiger partial charge < -0.3 is 15.0 Å². The third-order valence-corrected chi connectivity index (χ3v) is 4.32.